The largest absolute Gasteiger partial charge is 0.325 e. The molecule has 3 aromatic carbocycles. The van der Waals surface area contributed by atoms with Gasteiger partial charge < -0.3 is 5.32 Å². The van der Waals surface area contributed by atoms with Gasteiger partial charge in [0.2, 0.25) is 5.91 Å². The number of hydrogen-bond acceptors (Lipinski definition) is 3. The molecule has 0 aliphatic carbocycles. The molecular weight excluding hydrogens is 451 g/mol. The first-order valence-electron chi connectivity index (χ1n) is 10.5. The van der Waals surface area contributed by atoms with Crippen LogP contribution in [0.2, 0.25) is 0 Å². The first-order chi connectivity index (χ1) is 15.5. The third kappa shape index (κ3) is 6.57. The molecular formula is C25H25ClF3N3O. The molecule has 4 nitrogen and oxygen atoms in total. The lowest BCUT2D eigenvalue weighted by Crippen LogP contribution is -2.49. The lowest BCUT2D eigenvalue weighted by molar-refractivity contribution is -0.117. The molecule has 174 valence electrons. The second-order valence-corrected chi connectivity index (χ2v) is 7.88. The normalized spacial score (nSPS) is 14.7. The van der Waals surface area contributed by atoms with E-state index in [9.17, 15) is 18.0 Å². The Bertz CT molecular complexity index is 1010. The molecule has 0 radical (unpaired) electrons. The Hall–Kier alpha value is -2.87. The van der Waals surface area contributed by atoms with Crippen molar-refractivity contribution in [3.63, 3.8) is 0 Å². The van der Waals surface area contributed by atoms with Crippen LogP contribution in [-0.4, -0.2) is 48.4 Å². The maximum absolute atomic E-state index is 13.5. The van der Waals surface area contributed by atoms with Crippen molar-refractivity contribution >= 4 is 24.0 Å². The second kappa shape index (κ2) is 11.3. The minimum atomic E-state index is -0.399. The van der Waals surface area contributed by atoms with E-state index in [4.69, 9.17) is 0 Å². The average molecular weight is 476 g/mol. The number of amides is 1. The molecule has 0 unspecified atom stereocenters. The van der Waals surface area contributed by atoms with Crippen LogP contribution >= 0.6 is 12.4 Å². The van der Waals surface area contributed by atoms with Crippen LogP contribution in [0.3, 0.4) is 0 Å². The first kappa shape index (κ1) is 24.8. The Labute approximate surface area is 197 Å². The van der Waals surface area contributed by atoms with E-state index in [-0.39, 0.29) is 42.5 Å². The van der Waals surface area contributed by atoms with Crippen molar-refractivity contribution in [2.75, 3.05) is 38.0 Å². The topological polar surface area (TPSA) is 35.6 Å². The summed E-state index contributed by atoms with van der Waals surface area (Å²) in [5.41, 5.74) is 2.28. The summed E-state index contributed by atoms with van der Waals surface area (Å²) in [5.74, 6) is -1.21. The predicted molar refractivity (Wildman–Crippen MR) is 125 cm³/mol. The Kier molecular flexibility index (Phi) is 8.49. The van der Waals surface area contributed by atoms with E-state index in [1.165, 1.54) is 36.4 Å². The van der Waals surface area contributed by atoms with E-state index in [0.29, 0.717) is 31.9 Å². The van der Waals surface area contributed by atoms with Gasteiger partial charge in [0, 0.05) is 31.9 Å². The van der Waals surface area contributed by atoms with Gasteiger partial charge in [0.25, 0.3) is 0 Å². The predicted octanol–water partition coefficient (Wildman–Crippen LogP) is 4.87. The monoisotopic (exact) mass is 475 g/mol. The SMILES string of the molecule is Cl.O=C(CN1CCN(C(c2ccc(F)cc2)c2ccc(F)cc2)CC1)Nc1cccc(F)c1. The van der Waals surface area contributed by atoms with E-state index in [1.54, 1.807) is 36.4 Å². The number of piperazine rings is 1. The molecule has 0 aromatic heterocycles. The average Bonchev–Trinajstić information content (AvgIpc) is 2.78. The van der Waals surface area contributed by atoms with Gasteiger partial charge in [-0.15, -0.1) is 12.4 Å². The third-order valence-corrected chi connectivity index (χ3v) is 5.62. The summed E-state index contributed by atoms with van der Waals surface area (Å²) in [4.78, 5) is 16.6. The zero-order chi connectivity index (χ0) is 22.5. The molecule has 1 saturated heterocycles. The van der Waals surface area contributed by atoms with E-state index < -0.39 is 5.82 Å². The summed E-state index contributed by atoms with van der Waals surface area (Å²) in [6.07, 6.45) is 0. The molecule has 0 atom stereocenters. The fraction of sp³-hybridized carbons (Fsp3) is 0.240. The van der Waals surface area contributed by atoms with Crippen LogP contribution in [0, 0.1) is 17.5 Å². The molecule has 0 spiro atoms. The van der Waals surface area contributed by atoms with Crippen LogP contribution in [0.1, 0.15) is 17.2 Å². The molecule has 1 amide bonds. The highest BCUT2D eigenvalue weighted by Gasteiger charge is 2.27. The van der Waals surface area contributed by atoms with Gasteiger partial charge in [0.05, 0.1) is 12.6 Å². The van der Waals surface area contributed by atoms with Gasteiger partial charge in [-0.3, -0.25) is 14.6 Å². The highest BCUT2D eigenvalue weighted by atomic mass is 35.5. The molecule has 8 heteroatoms. The van der Waals surface area contributed by atoms with Crippen molar-refractivity contribution in [1.29, 1.82) is 0 Å². The van der Waals surface area contributed by atoms with Crippen molar-refractivity contribution < 1.29 is 18.0 Å². The standard InChI is InChI=1S/C25H24F3N3O.ClH/c26-20-8-4-18(5-9-20)25(19-6-10-21(27)11-7-19)31-14-12-30(13-15-31)17-24(32)29-23-3-1-2-22(28)16-23;/h1-11,16,25H,12-15,17H2,(H,29,32);1H. The summed E-state index contributed by atoms with van der Waals surface area (Å²) in [6.45, 7) is 2.91. The van der Waals surface area contributed by atoms with Crippen molar-refractivity contribution in [1.82, 2.24) is 9.80 Å². The third-order valence-electron chi connectivity index (χ3n) is 5.62. The number of carbonyl (C=O) groups is 1. The minimum Gasteiger partial charge on any atom is -0.325 e. The van der Waals surface area contributed by atoms with Gasteiger partial charge in [0.1, 0.15) is 17.5 Å². The van der Waals surface area contributed by atoms with Crippen molar-refractivity contribution in [3.05, 3.63) is 101 Å². The van der Waals surface area contributed by atoms with E-state index in [0.717, 1.165) is 11.1 Å². The highest BCUT2D eigenvalue weighted by Crippen LogP contribution is 2.30. The Morgan fingerprint density at radius 1 is 0.788 bits per heavy atom. The minimum absolute atomic E-state index is 0. The van der Waals surface area contributed by atoms with Crippen LogP contribution in [0.25, 0.3) is 0 Å². The van der Waals surface area contributed by atoms with Crippen molar-refractivity contribution in [3.8, 4) is 0 Å². The second-order valence-electron chi connectivity index (χ2n) is 7.88. The number of benzene rings is 3. The number of hydrogen-bond donors (Lipinski definition) is 1. The molecule has 0 bridgehead atoms. The van der Waals surface area contributed by atoms with Crippen LogP contribution in [0.15, 0.2) is 72.8 Å². The summed E-state index contributed by atoms with van der Waals surface area (Å²) < 4.78 is 40.3. The number of carbonyl (C=O) groups excluding carboxylic acids is 1. The van der Waals surface area contributed by atoms with Crippen LogP contribution < -0.4 is 5.32 Å². The summed E-state index contributed by atoms with van der Waals surface area (Å²) >= 11 is 0. The maximum atomic E-state index is 13.5. The molecule has 0 saturated carbocycles. The number of halogens is 4. The van der Waals surface area contributed by atoms with Gasteiger partial charge in [-0.25, -0.2) is 13.2 Å². The molecule has 4 rings (SSSR count). The Balaban J connectivity index is 0.00000306. The molecule has 1 aliphatic heterocycles. The molecule has 33 heavy (non-hydrogen) atoms. The molecule has 1 N–H and O–H groups in total. The summed E-state index contributed by atoms with van der Waals surface area (Å²) in [6, 6.07) is 18.4. The van der Waals surface area contributed by atoms with E-state index in [2.05, 4.69) is 10.2 Å². The smallest absolute Gasteiger partial charge is 0.238 e. The molecule has 1 heterocycles. The fourth-order valence-corrected chi connectivity index (χ4v) is 4.05. The van der Waals surface area contributed by atoms with Gasteiger partial charge in [-0.05, 0) is 53.6 Å². The van der Waals surface area contributed by atoms with Crippen molar-refractivity contribution in [2.24, 2.45) is 0 Å². The first-order valence-corrected chi connectivity index (χ1v) is 10.5. The lowest BCUT2D eigenvalue weighted by Gasteiger charge is -2.39. The number of rotatable bonds is 6. The number of nitrogens with zero attached hydrogens (tertiary/aromatic N) is 2. The van der Waals surface area contributed by atoms with Crippen LogP contribution in [0.5, 0.6) is 0 Å². The zero-order valence-corrected chi connectivity index (χ0v) is 18.7. The summed E-state index contributed by atoms with van der Waals surface area (Å²) in [5, 5.41) is 2.72. The van der Waals surface area contributed by atoms with E-state index >= 15 is 0 Å². The number of nitrogens with one attached hydrogen (secondary N) is 1. The zero-order valence-electron chi connectivity index (χ0n) is 17.9. The van der Waals surface area contributed by atoms with Gasteiger partial charge in [0.15, 0.2) is 0 Å². The lowest BCUT2D eigenvalue weighted by atomic mass is 9.96. The number of anilines is 1. The van der Waals surface area contributed by atoms with Crippen molar-refractivity contribution in [2.45, 2.75) is 6.04 Å². The highest BCUT2D eigenvalue weighted by molar-refractivity contribution is 5.92. The van der Waals surface area contributed by atoms with Crippen LogP contribution in [0.4, 0.5) is 18.9 Å². The Morgan fingerprint density at radius 3 is 1.85 bits per heavy atom. The molecule has 1 aliphatic rings. The summed E-state index contributed by atoms with van der Waals surface area (Å²) in [7, 11) is 0. The fourth-order valence-electron chi connectivity index (χ4n) is 4.05. The van der Waals surface area contributed by atoms with Gasteiger partial charge in [-0.2, -0.15) is 0 Å². The van der Waals surface area contributed by atoms with Gasteiger partial charge in [-0.1, -0.05) is 30.3 Å². The van der Waals surface area contributed by atoms with E-state index in [1.807, 2.05) is 4.90 Å². The Morgan fingerprint density at radius 2 is 1.33 bits per heavy atom. The molecule has 3 aromatic rings. The van der Waals surface area contributed by atoms with Crippen LogP contribution in [-0.2, 0) is 4.79 Å². The molecule has 1 fully saturated rings. The quantitative estimate of drug-likeness (QED) is 0.552. The maximum Gasteiger partial charge on any atom is 0.238 e. The van der Waals surface area contributed by atoms with Gasteiger partial charge >= 0.3 is 0 Å².